The van der Waals surface area contributed by atoms with Crippen molar-refractivity contribution in [1.29, 1.82) is 0 Å². The Kier molecular flexibility index (Phi) is 5.49. The Morgan fingerprint density at radius 1 is 1.10 bits per heavy atom. The number of methoxy groups -OCH3 is 1. The van der Waals surface area contributed by atoms with E-state index in [1.54, 1.807) is 7.11 Å². The van der Waals surface area contributed by atoms with Crippen LogP contribution in [0.1, 0.15) is 25.2 Å². The summed E-state index contributed by atoms with van der Waals surface area (Å²) in [4.78, 5) is 7.89. The summed E-state index contributed by atoms with van der Waals surface area (Å²) in [5, 5.41) is 0.676. The summed E-state index contributed by atoms with van der Waals surface area (Å²) in [5.74, 6) is 4.23. The van der Waals surface area contributed by atoms with E-state index >= 15 is 0 Å². The molecule has 0 atom stereocenters. The van der Waals surface area contributed by atoms with Gasteiger partial charge in [0.05, 0.1) is 24.8 Å². The molecule has 4 rings (SSSR count). The molecule has 29 heavy (non-hydrogen) atoms. The molecule has 0 bridgehead atoms. The number of imidazole rings is 1. The number of benzene rings is 2. The molecule has 1 N–H and O–H groups in total. The highest BCUT2D eigenvalue weighted by molar-refractivity contribution is 6.30. The van der Waals surface area contributed by atoms with E-state index < -0.39 is 0 Å². The van der Waals surface area contributed by atoms with Crippen molar-refractivity contribution >= 4 is 22.6 Å². The number of nitrogens with one attached hydrogen (secondary N) is 1. The Hall–Kier alpha value is -2.92. The normalized spacial score (nSPS) is 11.3. The van der Waals surface area contributed by atoms with Crippen molar-refractivity contribution in [3.8, 4) is 23.1 Å². The average Bonchev–Trinajstić information content (AvgIpc) is 3.33. The minimum absolute atomic E-state index is 0.445. The quantitative estimate of drug-likeness (QED) is 0.399. The fourth-order valence-electron chi connectivity index (χ4n) is 3.10. The van der Waals surface area contributed by atoms with E-state index in [1.807, 2.05) is 48.5 Å². The number of hydrogen-bond acceptors (Lipinski definition) is 4. The van der Waals surface area contributed by atoms with Gasteiger partial charge in [0.2, 0.25) is 0 Å². The first kappa shape index (κ1) is 19.4. The number of ether oxygens (including phenoxy) is 2. The van der Waals surface area contributed by atoms with E-state index in [0.717, 1.165) is 33.9 Å². The van der Waals surface area contributed by atoms with Gasteiger partial charge >= 0.3 is 0 Å². The molecule has 0 aliphatic rings. The molecule has 0 fully saturated rings. The van der Waals surface area contributed by atoms with Gasteiger partial charge in [-0.2, -0.15) is 0 Å². The second kappa shape index (κ2) is 8.21. The number of H-pyrrole nitrogens is 1. The number of nitrogens with zero attached hydrogens (tertiary/aromatic N) is 1. The zero-order valence-corrected chi connectivity index (χ0v) is 17.4. The molecular weight excluding hydrogens is 388 g/mol. The highest BCUT2D eigenvalue weighted by Gasteiger charge is 2.13. The second-order valence-electron chi connectivity index (χ2n) is 7.37. The third-order valence-corrected chi connectivity index (χ3v) is 4.78. The maximum absolute atomic E-state index is 6.21. The topological polar surface area (TPSA) is 60.3 Å². The van der Waals surface area contributed by atoms with Crippen LogP contribution in [0.5, 0.6) is 11.5 Å². The fourth-order valence-corrected chi connectivity index (χ4v) is 3.30. The summed E-state index contributed by atoms with van der Waals surface area (Å²) >= 11 is 6.21. The summed E-state index contributed by atoms with van der Waals surface area (Å²) in [6.07, 6.45) is 0.585. The van der Waals surface area contributed by atoms with E-state index in [1.165, 1.54) is 0 Å². The van der Waals surface area contributed by atoms with Gasteiger partial charge in [-0.1, -0.05) is 25.4 Å². The first-order chi connectivity index (χ1) is 14.0. The Labute approximate surface area is 174 Å². The van der Waals surface area contributed by atoms with Crippen LogP contribution in [0.2, 0.25) is 5.02 Å². The molecule has 2 heterocycles. The number of fused-ring (bicyclic) bond motifs is 1. The predicted octanol–water partition coefficient (Wildman–Crippen LogP) is 6.11. The molecule has 150 valence electrons. The van der Waals surface area contributed by atoms with Crippen LogP contribution in [0.3, 0.4) is 0 Å². The summed E-state index contributed by atoms with van der Waals surface area (Å²) < 4.78 is 17.3. The van der Waals surface area contributed by atoms with Crippen molar-refractivity contribution in [2.24, 2.45) is 5.92 Å². The number of halogens is 1. The van der Waals surface area contributed by atoms with Gasteiger partial charge in [-0.25, -0.2) is 4.98 Å². The van der Waals surface area contributed by atoms with Gasteiger partial charge < -0.3 is 18.9 Å². The predicted molar refractivity (Wildman–Crippen MR) is 115 cm³/mol. The molecule has 0 radical (unpaired) electrons. The molecule has 0 saturated heterocycles. The maximum atomic E-state index is 6.21. The first-order valence-electron chi connectivity index (χ1n) is 9.56. The number of aromatic nitrogens is 2. The molecule has 6 heteroatoms. The van der Waals surface area contributed by atoms with Crippen LogP contribution >= 0.6 is 11.6 Å². The van der Waals surface area contributed by atoms with E-state index in [-0.39, 0.29) is 0 Å². The summed E-state index contributed by atoms with van der Waals surface area (Å²) in [6, 6.07) is 15.3. The third-order valence-electron chi connectivity index (χ3n) is 4.54. The molecule has 0 aliphatic heterocycles. The van der Waals surface area contributed by atoms with E-state index in [9.17, 15) is 0 Å². The molecule has 0 aliphatic carbocycles. The van der Waals surface area contributed by atoms with E-state index in [4.69, 9.17) is 25.5 Å². The highest BCUT2D eigenvalue weighted by Crippen LogP contribution is 2.29. The number of rotatable bonds is 7. The van der Waals surface area contributed by atoms with Gasteiger partial charge in [-0.15, -0.1) is 0 Å². The minimum Gasteiger partial charge on any atom is -0.497 e. The Bertz CT molecular complexity index is 1130. The maximum Gasteiger partial charge on any atom is 0.174 e. The molecule has 2 aromatic heterocycles. The Balaban J connectivity index is 1.58. The minimum atomic E-state index is 0.445. The molecule has 2 aromatic carbocycles. The van der Waals surface area contributed by atoms with Crippen LogP contribution in [-0.2, 0) is 6.42 Å². The third kappa shape index (κ3) is 4.40. The van der Waals surface area contributed by atoms with Crippen molar-refractivity contribution in [2.45, 2.75) is 20.3 Å². The van der Waals surface area contributed by atoms with Crippen molar-refractivity contribution in [3.05, 3.63) is 64.9 Å². The zero-order chi connectivity index (χ0) is 20.4. The van der Waals surface area contributed by atoms with Gasteiger partial charge in [-0.05, 0) is 48.4 Å². The van der Waals surface area contributed by atoms with Crippen LogP contribution in [0.15, 0.2) is 52.9 Å². The fraction of sp³-hybridized carbons (Fsp3) is 0.261. The second-order valence-corrected chi connectivity index (χ2v) is 7.80. The van der Waals surface area contributed by atoms with Crippen LogP contribution in [0, 0.1) is 5.92 Å². The summed E-state index contributed by atoms with van der Waals surface area (Å²) in [6.45, 7) is 4.90. The lowest BCUT2D eigenvalue weighted by Gasteiger charge is -2.13. The van der Waals surface area contributed by atoms with Crippen LogP contribution in [0.4, 0.5) is 0 Å². The number of aromatic amines is 1. The molecule has 5 nitrogen and oxygen atoms in total. The largest absolute Gasteiger partial charge is 0.497 e. The van der Waals surface area contributed by atoms with Gasteiger partial charge in [0.25, 0.3) is 0 Å². The highest BCUT2D eigenvalue weighted by atomic mass is 35.5. The van der Waals surface area contributed by atoms with E-state index in [0.29, 0.717) is 35.6 Å². The number of furan rings is 1. The van der Waals surface area contributed by atoms with Crippen molar-refractivity contribution < 1.29 is 13.9 Å². The lowest BCUT2D eigenvalue weighted by Crippen LogP contribution is -2.06. The van der Waals surface area contributed by atoms with Gasteiger partial charge in [0.15, 0.2) is 11.6 Å². The Morgan fingerprint density at radius 2 is 1.97 bits per heavy atom. The van der Waals surface area contributed by atoms with Gasteiger partial charge in [0.1, 0.15) is 17.3 Å². The molecular formula is C23H23ClN2O3. The standard InChI is InChI=1S/C23H23ClN2O3/c1-14(2)13-28-21-8-4-16(24)10-15(21)11-18-6-9-22(29-18)23-25-19-7-5-17(27-3)12-20(19)26-23/h4-10,12,14H,11,13H2,1-3H3,(H,25,26). The molecule has 0 amide bonds. The van der Waals surface area contributed by atoms with Gasteiger partial charge in [0, 0.05) is 23.1 Å². The van der Waals surface area contributed by atoms with Crippen molar-refractivity contribution in [2.75, 3.05) is 13.7 Å². The molecule has 4 aromatic rings. The number of hydrogen-bond donors (Lipinski definition) is 1. The van der Waals surface area contributed by atoms with Crippen LogP contribution in [-0.4, -0.2) is 23.7 Å². The first-order valence-corrected chi connectivity index (χ1v) is 9.93. The Morgan fingerprint density at radius 3 is 2.76 bits per heavy atom. The summed E-state index contributed by atoms with van der Waals surface area (Å²) in [5.41, 5.74) is 2.75. The summed E-state index contributed by atoms with van der Waals surface area (Å²) in [7, 11) is 1.65. The van der Waals surface area contributed by atoms with Crippen LogP contribution in [0.25, 0.3) is 22.6 Å². The lowest BCUT2D eigenvalue weighted by atomic mass is 10.1. The lowest BCUT2D eigenvalue weighted by molar-refractivity contribution is 0.268. The molecule has 0 unspecified atom stereocenters. The zero-order valence-electron chi connectivity index (χ0n) is 16.7. The van der Waals surface area contributed by atoms with Crippen LogP contribution < -0.4 is 9.47 Å². The SMILES string of the molecule is COc1ccc2nc(-c3ccc(Cc4cc(Cl)ccc4OCC(C)C)o3)[nH]c2c1. The monoisotopic (exact) mass is 410 g/mol. The van der Waals surface area contributed by atoms with Crippen molar-refractivity contribution in [3.63, 3.8) is 0 Å². The van der Waals surface area contributed by atoms with E-state index in [2.05, 4.69) is 23.8 Å². The van der Waals surface area contributed by atoms with Crippen molar-refractivity contribution in [1.82, 2.24) is 9.97 Å². The van der Waals surface area contributed by atoms with Gasteiger partial charge in [-0.3, -0.25) is 0 Å². The smallest absolute Gasteiger partial charge is 0.174 e. The average molecular weight is 411 g/mol. The molecule has 0 saturated carbocycles. The molecule has 0 spiro atoms.